The smallest absolute Gasteiger partial charge is 0.211 e. The molecule has 0 aliphatic heterocycles. The van der Waals surface area contributed by atoms with Crippen molar-refractivity contribution in [1.29, 1.82) is 5.26 Å². The number of rotatable bonds is 5. The molecule has 0 heterocycles. The van der Waals surface area contributed by atoms with E-state index in [9.17, 15) is 8.42 Å². The molecule has 1 aliphatic rings. The maximum absolute atomic E-state index is 12.4. The number of nitrogens with one attached hydrogen (secondary N) is 1. The van der Waals surface area contributed by atoms with E-state index in [1.807, 2.05) is 6.07 Å². The lowest BCUT2D eigenvalue weighted by molar-refractivity contribution is 0.285. The number of halogens is 1. The van der Waals surface area contributed by atoms with Crippen LogP contribution in [0.25, 0.3) is 0 Å². The molecule has 1 saturated carbocycles. The maximum Gasteiger partial charge on any atom is 0.242 e. The summed E-state index contributed by atoms with van der Waals surface area (Å²) in [6, 6.07) is 6.16. The van der Waals surface area contributed by atoms with E-state index in [0.29, 0.717) is 12.1 Å². The lowest BCUT2D eigenvalue weighted by Gasteiger charge is -2.27. The second kappa shape index (κ2) is 6.35. The van der Waals surface area contributed by atoms with Crippen molar-refractivity contribution < 1.29 is 8.42 Å². The lowest BCUT2D eigenvalue weighted by atomic mass is 9.84. The highest BCUT2D eigenvalue weighted by molar-refractivity contribution is 7.89. The molecule has 2 rings (SSSR count). The third-order valence-corrected chi connectivity index (χ3v) is 6.29. The molecule has 0 bridgehead atoms. The second-order valence-corrected chi connectivity index (χ2v) is 7.78. The number of benzene rings is 1. The number of sulfonamides is 1. The summed E-state index contributed by atoms with van der Waals surface area (Å²) in [4.78, 5) is 0.0346. The van der Waals surface area contributed by atoms with E-state index in [4.69, 9.17) is 16.9 Å². The SMILES string of the molecule is CCC1(CNS(=O)(=O)c2ccc(C#N)cc2Cl)CCCC1. The third-order valence-electron chi connectivity index (χ3n) is 4.40. The van der Waals surface area contributed by atoms with Gasteiger partial charge in [0.15, 0.2) is 0 Å². The monoisotopic (exact) mass is 326 g/mol. The van der Waals surface area contributed by atoms with E-state index in [0.717, 1.165) is 32.1 Å². The van der Waals surface area contributed by atoms with Crippen LogP contribution in [-0.2, 0) is 10.0 Å². The summed E-state index contributed by atoms with van der Waals surface area (Å²) in [7, 11) is -3.64. The van der Waals surface area contributed by atoms with Crippen LogP contribution in [0, 0.1) is 16.7 Å². The van der Waals surface area contributed by atoms with Crippen LogP contribution in [0.15, 0.2) is 23.1 Å². The van der Waals surface area contributed by atoms with Gasteiger partial charge in [0.05, 0.1) is 16.7 Å². The summed E-state index contributed by atoms with van der Waals surface area (Å²) in [5.41, 5.74) is 0.423. The van der Waals surface area contributed by atoms with Crippen molar-refractivity contribution in [3.8, 4) is 6.07 Å². The molecule has 21 heavy (non-hydrogen) atoms. The zero-order valence-corrected chi connectivity index (χ0v) is 13.6. The lowest BCUT2D eigenvalue weighted by Crippen LogP contribution is -2.35. The minimum atomic E-state index is -3.64. The Morgan fingerprint density at radius 3 is 2.57 bits per heavy atom. The van der Waals surface area contributed by atoms with Gasteiger partial charge in [-0.2, -0.15) is 5.26 Å². The van der Waals surface area contributed by atoms with Gasteiger partial charge in [0, 0.05) is 6.54 Å². The normalized spacial score (nSPS) is 17.6. The van der Waals surface area contributed by atoms with Crippen molar-refractivity contribution in [2.24, 2.45) is 5.41 Å². The van der Waals surface area contributed by atoms with Gasteiger partial charge < -0.3 is 0 Å². The van der Waals surface area contributed by atoms with Gasteiger partial charge in [-0.1, -0.05) is 31.4 Å². The minimum Gasteiger partial charge on any atom is -0.211 e. The Balaban J connectivity index is 2.17. The van der Waals surface area contributed by atoms with Crippen molar-refractivity contribution in [1.82, 2.24) is 4.72 Å². The first kappa shape index (κ1) is 16.3. The van der Waals surface area contributed by atoms with Crippen LogP contribution in [0.1, 0.15) is 44.6 Å². The molecule has 0 saturated heterocycles. The maximum atomic E-state index is 12.4. The first-order chi connectivity index (χ1) is 9.92. The molecule has 1 N–H and O–H groups in total. The minimum absolute atomic E-state index is 0.0346. The fraction of sp³-hybridized carbons (Fsp3) is 0.533. The van der Waals surface area contributed by atoms with Crippen LogP contribution in [0.3, 0.4) is 0 Å². The van der Waals surface area contributed by atoms with Gasteiger partial charge in [0.25, 0.3) is 0 Å². The molecule has 6 heteroatoms. The molecule has 0 aromatic heterocycles. The first-order valence-electron chi connectivity index (χ1n) is 7.12. The Kier molecular flexibility index (Phi) is 4.92. The summed E-state index contributed by atoms with van der Waals surface area (Å²) in [5.74, 6) is 0. The van der Waals surface area contributed by atoms with E-state index < -0.39 is 10.0 Å². The molecule has 1 aromatic carbocycles. The van der Waals surface area contributed by atoms with Gasteiger partial charge in [-0.15, -0.1) is 0 Å². The van der Waals surface area contributed by atoms with E-state index >= 15 is 0 Å². The number of nitriles is 1. The van der Waals surface area contributed by atoms with Gasteiger partial charge in [0.2, 0.25) is 10.0 Å². The Labute approximate surface area is 131 Å². The molecule has 0 spiro atoms. The average molecular weight is 327 g/mol. The molecule has 0 amide bonds. The Morgan fingerprint density at radius 2 is 2.05 bits per heavy atom. The quantitative estimate of drug-likeness (QED) is 0.900. The van der Waals surface area contributed by atoms with E-state index in [-0.39, 0.29) is 15.3 Å². The van der Waals surface area contributed by atoms with E-state index in [1.54, 1.807) is 0 Å². The van der Waals surface area contributed by atoms with Crippen LogP contribution in [0.5, 0.6) is 0 Å². The molecule has 0 unspecified atom stereocenters. The van der Waals surface area contributed by atoms with Crippen molar-refractivity contribution in [2.75, 3.05) is 6.54 Å². The molecular weight excluding hydrogens is 308 g/mol. The molecule has 0 atom stereocenters. The Bertz CT molecular complexity index is 659. The summed E-state index contributed by atoms with van der Waals surface area (Å²) < 4.78 is 27.5. The number of hydrogen-bond acceptors (Lipinski definition) is 3. The van der Waals surface area contributed by atoms with Crippen molar-refractivity contribution in [2.45, 2.75) is 43.9 Å². The van der Waals surface area contributed by atoms with Gasteiger partial charge in [-0.25, -0.2) is 13.1 Å². The van der Waals surface area contributed by atoms with Crippen LogP contribution in [0.2, 0.25) is 5.02 Å². The highest BCUT2D eigenvalue weighted by atomic mass is 35.5. The molecule has 0 radical (unpaired) electrons. The average Bonchev–Trinajstić information content (AvgIpc) is 2.94. The first-order valence-corrected chi connectivity index (χ1v) is 8.98. The van der Waals surface area contributed by atoms with Crippen LogP contribution in [0.4, 0.5) is 0 Å². The van der Waals surface area contributed by atoms with E-state index in [2.05, 4.69) is 11.6 Å². The van der Waals surface area contributed by atoms with Gasteiger partial charge >= 0.3 is 0 Å². The van der Waals surface area contributed by atoms with Gasteiger partial charge in [0.1, 0.15) is 4.90 Å². The zero-order chi connectivity index (χ0) is 15.5. The zero-order valence-electron chi connectivity index (χ0n) is 12.0. The fourth-order valence-electron chi connectivity index (χ4n) is 2.89. The molecular formula is C15H19ClN2O2S. The molecule has 1 fully saturated rings. The molecule has 1 aliphatic carbocycles. The summed E-state index contributed by atoms with van der Waals surface area (Å²) >= 11 is 5.99. The highest BCUT2D eigenvalue weighted by Gasteiger charge is 2.33. The summed E-state index contributed by atoms with van der Waals surface area (Å²) in [5, 5.41) is 8.88. The van der Waals surface area contributed by atoms with E-state index in [1.165, 1.54) is 18.2 Å². The number of nitrogens with zero attached hydrogens (tertiary/aromatic N) is 1. The van der Waals surface area contributed by atoms with Crippen molar-refractivity contribution in [3.05, 3.63) is 28.8 Å². The third kappa shape index (κ3) is 3.57. The Morgan fingerprint density at radius 1 is 1.38 bits per heavy atom. The van der Waals surface area contributed by atoms with Crippen LogP contribution < -0.4 is 4.72 Å². The predicted octanol–water partition coefficient (Wildman–Crippen LogP) is 3.46. The van der Waals surface area contributed by atoms with Crippen LogP contribution >= 0.6 is 11.6 Å². The standard InChI is InChI=1S/C15H19ClN2O2S/c1-2-15(7-3-4-8-15)11-18-21(19,20)14-6-5-12(10-17)9-13(14)16/h5-6,9,18H,2-4,7-8,11H2,1H3. The highest BCUT2D eigenvalue weighted by Crippen LogP contribution is 2.40. The molecule has 114 valence electrons. The predicted molar refractivity (Wildman–Crippen MR) is 82.5 cm³/mol. The molecule has 4 nitrogen and oxygen atoms in total. The topological polar surface area (TPSA) is 70.0 Å². The fourth-order valence-corrected chi connectivity index (χ4v) is 4.59. The Hall–Kier alpha value is -1.09. The van der Waals surface area contributed by atoms with Crippen molar-refractivity contribution >= 4 is 21.6 Å². The summed E-state index contributed by atoms with van der Waals surface area (Å²) in [6.07, 6.45) is 5.41. The second-order valence-electron chi connectivity index (χ2n) is 5.64. The van der Waals surface area contributed by atoms with Crippen LogP contribution in [-0.4, -0.2) is 15.0 Å². The molecule has 1 aromatic rings. The van der Waals surface area contributed by atoms with Crippen molar-refractivity contribution in [3.63, 3.8) is 0 Å². The van der Waals surface area contributed by atoms with Gasteiger partial charge in [-0.3, -0.25) is 0 Å². The largest absolute Gasteiger partial charge is 0.242 e. The summed E-state index contributed by atoms with van der Waals surface area (Å²) in [6.45, 7) is 2.55. The van der Waals surface area contributed by atoms with Gasteiger partial charge in [-0.05, 0) is 42.9 Å². The number of hydrogen-bond donors (Lipinski definition) is 1.